The van der Waals surface area contributed by atoms with Crippen LogP contribution >= 0.6 is 11.8 Å². The van der Waals surface area contributed by atoms with Gasteiger partial charge in [0.05, 0.1) is 5.69 Å². The molecule has 0 unspecified atom stereocenters. The van der Waals surface area contributed by atoms with E-state index in [4.69, 9.17) is 0 Å². The van der Waals surface area contributed by atoms with E-state index in [-0.39, 0.29) is 0 Å². The molecule has 2 aliphatic rings. The van der Waals surface area contributed by atoms with Crippen LogP contribution in [0.5, 0.6) is 0 Å². The maximum absolute atomic E-state index is 4.51. The molecule has 0 atom stereocenters. The van der Waals surface area contributed by atoms with Crippen molar-refractivity contribution in [1.29, 1.82) is 0 Å². The second-order valence-electron chi connectivity index (χ2n) is 7.11. The van der Waals surface area contributed by atoms with Gasteiger partial charge in [0.15, 0.2) is 0 Å². The molecule has 1 aliphatic carbocycles. The summed E-state index contributed by atoms with van der Waals surface area (Å²) in [6.07, 6.45) is 8.71. The molecule has 0 aromatic carbocycles. The van der Waals surface area contributed by atoms with Crippen molar-refractivity contribution >= 4 is 28.3 Å². The number of nitrogens with zero attached hydrogens (tertiary/aromatic N) is 4. The summed E-state index contributed by atoms with van der Waals surface area (Å²) in [7, 11) is 0. The van der Waals surface area contributed by atoms with Crippen LogP contribution in [0, 0.1) is 5.92 Å². The fourth-order valence-corrected chi connectivity index (χ4v) is 4.73. The molecule has 4 heterocycles. The fourth-order valence-electron chi connectivity index (χ4n) is 4.02. The van der Waals surface area contributed by atoms with Crippen LogP contribution in [0.4, 0.5) is 0 Å². The van der Waals surface area contributed by atoms with Gasteiger partial charge in [-0.3, -0.25) is 0 Å². The predicted molar refractivity (Wildman–Crippen MR) is 96.5 cm³/mol. The van der Waals surface area contributed by atoms with Crippen LogP contribution in [0.1, 0.15) is 37.3 Å². The number of aromatic nitrogens is 5. The predicted octanol–water partition coefficient (Wildman–Crippen LogP) is 2.58. The van der Waals surface area contributed by atoms with Gasteiger partial charge in [0, 0.05) is 35.0 Å². The van der Waals surface area contributed by atoms with Crippen LogP contribution in [-0.2, 0) is 0 Å². The Labute approximate surface area is 144 Å². The van der Waals surface area contributed by atoms with E-state index in [1.165, 1.54) is 43.7 Å². The molecule has 6 nitrogen and oxygen atoms in total. The van der Waals surface area contributed by atoms with Crippen LogP contribution in [0.25, 0.3) is 16.6 Å². The zero-order valence-corrected chi connectivity index (χ0v) is 14.4. The molecule has 3 aromatic rings. The third-order valence-electron chi connectivity index (χ3n) is 5.56. The highest BCUT2D eigenvalue weighted by atomic mass is 32.2. The van der Waals surface area contributed by atoms with Crippen molar-refractivity contribution in [1.82, 2.24) is 30.1 Å². The highest BCUT2D eigenvalue weighted by molar-refractivity contribution is 8.00. The number of thioether (sulfide) groups is 1. The third-order valence-corrected chi connectivity index (χ3v) is 6.84. The van der Waals surface area contributed by atoms with Gasteiger partial charge < -0.3 is 10.3 Å². The average molecular weight is 342 g/mol. The Morgan fingerprint density at radius 2 is 2.12 bits per heavy atom. The Hall–Kier alpha value is -1.60. The van der Waals surface area contributed by atoms with Crippen LogP contribution in [0.2, 0.25) is 0 Å². The molecule has 24 heavy (non-hydrogen) atoms. The molecule has 5 rings (SSSR count). The molecule has 1 saturated carbocycles. The molecule has 2 fully saturated rings. The molecule has 1 aliphatic heterocycles. The van der Waals surface area contributed by atoms with Gasteiger partial charge in [-0.2, -0.15) is 11.8 Å². The summed E-state index contributed by atoms with van der Waals surface area (Å²) in [6.45, 7) is 1.19. The van der Waals surface area contributed by atoms with E-state index in [9.17, 15) is 0 Å². The quantitative estimate of drug-likeness (QED) is 0.762. The molecule has 7 heteroatoms. The van der Waals surface area contributed by atoms with E-state index in [0.29, 0.717) is 5.92 Å². The van der Waals surface area contributed by atoms with E-state index >= 15 is 0 Å². The highest BCUT2D eigenvalue weighted by Gasteiger charge is 2.27. The monoisotopic (exact) mass is 342 g/mol. The number of rotatable bonds is 4. The summed E-state index contributed by atoms with van der Waals surface area (Å²) in [4.78, 5) is 7.58. The summed E-state index contributed by atoms with van der Waals surface area (Å²) in [5.41, 5.74) is 3.21. The lowest BCUT2D eigenvalue weighted by molar-refractivity contribution is 0.305. The van der Waals surface area contributed by atoms with Gasteiger partial charge in [0.2, 0.25) is 0 Å². The summed E-state index contributed by atoms with van der Waals surface area (Å²) < 4.78 is 1.83. The van der Waals surface area contributed by atoms with Crippen molar-refractivity contribution in [3.8, 4) is 0 Å². The maximum atomic E-state index is 4.51. The smallest absolute Gasteiger partial charge is 0.141 e. The number of hydrogen-bond acceptors (Lipinski definition) is 5. The maximum Gasteiger partial charge on any atom is 0.141 e. The van der Waals surface area contributed by atoms with E-state index in [0.717, 1.165) is 34.2 Å². The molecular weight excluding hydrogens is 320 g/mol. The van der Waals surface area contributed by atoms with Gasteiger partial charge in [-0.1, -0.05) is 5.21 Å². The number of fused-ring (bicyclic) bond motifs is 3. The van der Waals surface area contributed by atoms with Gasteiger partial charge in [-0.05, 0) is 44.2 Å². The summed E-state index contributed by atoms with van der Waals surface area (Å²) >= 11 is 2.05. The lowest BCUT2D eigenvalue weighted by Crippen LogP contribution is -2.43. The minimum atomic E-state index is 0.526. The lowest BCUT2D eigenvalue weighted by Gasteiger charge is -2.31. The zero-order chi connectivity index (χ0) is 15.9. The molecule has 3 aromatic heterocycles. The summed E-state index contributed by atoms with van der Waals surface area (Å²) in [6, 6.07) is 2.85. The SMILES string of the molecule is c1cc2c(ncn3nnc(C4CCC(CNC5CSC5)CC4)c23)[nH]1. The standard InChI is InChI=1S/C17H22N6S/c1-3-12(4-2-11(1)7-19-13-8-24-9-13)15-16-14-5-6-18-17(14)20-10-23(16)22-21-15/h5-6,10-13,18-19H,1-4,7-9H2. The number of aromatic amines is 1. The molecule has 2 N–H and O–H groups in total. The van der Waals surface area contributed by atoms with Gasteiger partial charge in [0.1, 0.15) is 17.5 Å². The Morgan fingerprint density at radius 1 is 1.25 bits per heavy atom. The van der Waals surface area contributed by atoms with E-state index in [1.807, 2.05) is 22.5 Å². The van der Waals surface area contributed by atoms with E-state index in [1.54, 1.807) is 6.33 Å². The van der Waals surface area contributed by atoms with E-state index < -0.39 is 0 Å². The van der Waals surface area contributed by atoms with Gasteiger partial charge in [-0.15, -0.1) is 5.10 Å². The van der Waals surface area contributed by atoms with E-state index in [2.05, 4.69) is 31.7 Å². The Kier molecular flexibility index (Phi) is 3.70. The van der Waals surface area contributed by atoms with Crippen molar-refractivity contribution < 1.29 is 0 Å². The molecule has 126 valence electrons. The van der Waals surface area contributed by atoms with Gasteiger partial charge in [-0.25, -0.2) is 9.50 Å². The molecular formula is C17H22N6S. The number of nitrogens with one attached hydrogen (secondary N) is 2. The summed E-state index contributed by atoms with van der Waals surface area (Å²) in [5, 5.41) is 13.7. The number of hydrogen-bond donors (Lipinski definition) is 2. The summed E-state index contributed by atoms with van der Waals surface area (Å²) in [5.74, 6) is 3.94. The molecule has 0 spiro atoms. The highest BCUT2D eigenvalue weighted by Crippen LogP contribution is 2.37. The molecule has 0 bridgehead atoms. The first-order valence-corrected chi connectivity index (χ1v) is 10.0. The zero-order valence-electron chi connectivity index (χ0n) is 13.6. The Morgan fingerprint density at radius 3 is 2.92 bits per heavy atom. The normalized spacial score (nSPS) is 25.3. The molecule has 1 saturated heterocycles. The van der Waals surface area contributed by atoms with Crippen molar-refractivity contribution in [3.05, 3.63) is 24.3 Å². The van der Waals surface area contributed by atoms with Crippen molar-refractivity contribution in [2.24, 2.45) is 5.92 Å². The van der Waals surface area contributed by atoms with Gasteiger partial charge >= 0.3 is 0 Å². The largest absolute Gasteiger partial charge is 0.346 e. The van der Waals surface area contributed by atoms with Crippen LogP contribution in [0.3, 0.4) is 0 Å². The van der Waals surface area contributed by atoms with Crippen LogP contribution in [-0.4, -0.2) is 48.9 Å². The minimum absolute atomic E-state index is 0.526. The first-order chi connectivity index (χ1) is 11.9. The Balaban J connectivity index is 1.32. The fraction of sp³-hybridized carbons (Fsp3) is 0.588. The first-order valence-electron chi connectivity index (χ1n) is 8.86. The second-order valence-corrected chi connectivity index (χ2v) is 8.19. The van der Waals surface area contributed by atoms with Crippen molar-refractivity contribution in [2.75, 3.05) is 18.1 Å². The third kappa shape index (κ3) is 2.50. The Bertz CT molecular complexity index is 843. The first kappa shape index (κ1) is 14.7. The minimum Gasteiger partial charge on any atom is -0.346 e. The lowest BCUT2D eigenvalue weighted by atomic mass is 9.80. The van der Waals surface area contributed by atoms with Crippen molar-refractivity contribution in [2.45, 2.75) is 37.6 Å². The molecule has 0 radical (unpaired) electrons. The van der Waals surface area contributed by atoms with Crippen molar-refractivity contribution in [3.63, 3.8) is 0 Å². The number of H-pyrrole nitrogens is 1. The topological polar surface area (TPSA) is 70.9 Å². The second kappa shape index (κ2) is 6.04. The molecule has 0 amide bonds. The van der Waals surface area contributed by atoms with Gasteiger partial charge in [0.25, 0.3) is 0 Å². The average Bonchev–Trinajstić information content (AvgIpc) is 3.20. The van der Waals surface area contributed by atoms with Crippen LogP contribution < -0.4 is 5.32 Å². The van der Waals surface area contributed by atoms with Crippen LogP contribution in [0.15, 0.2) is 18.6 Å².